The van der Waals surface area contributed by atoms with Crippen molar-refractivity contribution in [3.8, 4) is 11.8 Å². The number of carbonyl (C=O) groups is 2. The topological polar surface area (TPSA) is 55.8 Å². The zero-order valence-corrected chi connectivity index (χ0v) is 17.0. The van der Waals surface area contributed by atoms with Gasteiger partial charge < -0.3 is 9.47 Å². The number of esters is 2. The number of hydrogen-bond donors (Lipinski definition) is 0. The van der Waals surface area contributed by atoms with Gasteiger partial charge in [0.1, 0.15) is 0 Å². The van der Waals surface area contributed by atoms with E-state index in [2.05, 4.69) is 16.7 Å². The molecule has 29 heavy (non-hydrogen) atoms. The second kappa shape index (κ2) is 12.4. The number of nitrogens with zero attached hydrogens (tertiary/aromatic N) is 1. The molecule has 2 aromatic rings. The van der Waals surface area contributed by atoms with Crippen molar-refractivity contribution in [1.82, 2.24) is 4.90 Å². The minimum Gasteiger partial charge on any atom is -0.466 e. The quantitative estimate of drug-likeness (QED) is 0.370. The van der Waals surface area contributed by atoms with Crippen LogP contribution in [0, 0.1) is 11.8 Å². The molecular weight excluding hydrogens is 366 g/mol. The summed E-state index contributed by atoms with van der Waals surface area (Å²) in [6.07, 6.45) is 0.0694. The van der Waals surface area contributed by atoms with Crippen molar-refractivity contribution in [2.24, 2.45) is 0 Å². The van der Waals surface area contributed by atoms with Gasteiger partial charge in [0, 0.05) is 19.0 Å². The lowest BCUT2D eigenvalue weighted by atomic mass is 10.1. The molecule has 0 saturated heterocycles. The molecule has 0 aliphatic rings. The fourth-order valence-electron chi connectivity index (χ4n) is 2.87. The molecule has 5 nitrogen and oxygen atoms in total. The third-order valence-electron chi connectivity index (χ3n) is 4.18. The van der Waals surface area contributed by atoms with Gasteiger partial charge in [-0.25, -0.2) is 4.79 Å². The van der Waals surface area contributed by atoms with Crippen LogP contribution in [-0.2, 0) is 32.2 Å². The molecule has 0 spiro atoms. The summed E-state index contributed by atoms with van der Waals surface area (Å²) in [4.78, 5) is 26.0. The molecule has 0 amide bonds. The molecule has 0 fully saturated rings. The summed E-state index contributed by atoms with van der Waals surface area (Å²) in [5.74, 6) is 4.52. The van der Waals surface area contributed by atoms with E-state index in [4.69, 9.17) is 9.47 Å². The minimum atomic E-state index is -0.597. The Kier molecular flexibility index (Phi) is 9.47. The summed E-state index contributed by atoms with van der Waals surface area (Å²) in [6, 6.07) is 19.4. The highest BCUT2D eigenvalue weighted by Crippen LogP contribution is 2.16. The van der Waals surface area contributed by atoms with E-state index in [9.17, 15) is 9.59 Å². The van der Waals surface area contributed by atoms with Gasteiger partial charge in [0.05, 0.1) is 25.7 Å². The highest BCUT2D eigenvalue weighted by molar-refractivity contribution is 5.88. The van der Waals surface area contributed by atoms with Crippen LogP contribution in [0.25, 0.3) is 0 Å². The maximum Gasteiger partial charge on any atom is 0.384 e. The van der Waals surface area contributed by atoms with E-state index < -0.39 is 12.0 Å². The van der Waals surface area contributed by atoms with Crippen molar-refractivity contribution < 1.29 is 19.1 Å². The standard InChI is InChI=1S/C24H27NO4/c1-3-28-23(26)16-15-22(17-24(27)29-4-2)25(18-20-11-7-5-8-12-20)19-21-13-9-6-10-14-21/h5-14,22H,3-4,17-19H2,1-2H3. The van der Waals surface area contributed by atoms with Crippen LogP contribution in [0.3, 0.4) is 0 Å². The van der Waals surface area contributed by atoms with Crippen LogP contribution in [0.5, 0.6) is 0 Å². The highest BCUT2D eigenvalue weighted by Gasteiger charge is 2.22. The van der Waals surface area contributed by atoms with E-state index in [-0.39, 0.29) is 19.0 Å². The van der Waals surface area contributed by atoms with Gasteiger partial charge in [0.25, 0.3) is 0 Å². The Bertz CT molecular complexity index is 783. The Morgan fingerprint density at radius 1 is 0.862 bits per heavy atom. The summed E-state index contributed by atoms with van der Waals surface area (Å²) >= 11 is 0. The van der Waals surface area contributed by atoms with Crippen LogP contribution in [0.4, 0.5) is 0 Å². The molecule has 0 N–H and O–H groups in total. The van der Waals surface area contributed by atoms with Gasteiger partial charge in [0.15, 0.2) is 0 Å². The molecule has 5 heteroatoms. The SMILES string of the molecule is CCOC(=O)C#CC(CC(=O)OCC)N(Cc1ccccc1)Cc1ccccc1. The predicted octanol–water partition coefficient (Wildman–Crippen LogP) is 3.58. The summed E-state index contributed by atoms with van der Waals surface area (Å²) in [5, 5.41) is 0. The number of carbonyl (C=O) groups excluding carboxylic acids is 2. The minimum absolute atomic E-state index is 0.0694. The summed E-state index contributed by atoms with van der Waals surface area (Å²) in [7, 11) is 0. The van der Waals surface area contributed by atoms with Crippen LogP contribution < -0.4 is 0 Å². The molecule has 0 saturated carbocycles. The largest absolute Gasteiger partial charge is 0.466 e. The van der Waals surface area contributed by atoms with E-state index >= 15 is 0 Å². The van der Waals surface area contributed by atoms with Crippen molar-refractivity contribution in [3.05, 3.63) is 71.8 Å². The van der Waals surface area contributed by atoms with Crippen LogP contribution in [0.15, 0.2) is 60.7 Å². The molecule has 2 aromatic carbocycles. The Morgan fingerprint density at radius 2 is 1.38 bits per heavy atom. The summed E-state index contributed by atoms with van der Waals surface area (Å²) in [6.45, 7) is 5.21. The average molecular weight is 393 g/mol. The fraction of sp³-hybridized carbons (Fsp3) is 0.333. The Labute approximate surface area is 172 Å². The van der Waals surface area contributed by atoms with Gasteiger partial charge >= 0.3 is 11.9 Å². The van der Waals surface area contributed by atoms with E-state index in [0.29, 0.717) is 19.7 Å². The number of hydrogen-bond acceptors (Lipinski definition) is 5. The Morgan fingerprint density at radius 3 is 1.86 bits per heavy atom. The van der Waals surface area contributed by atoms with E-state index in [1.807, 2.05) is 60.7 Å². The van der Waals surface area contributed by atoms with E-state index in [1.165, 1.54) is 0 Å². The molecule has 0 radical (unpaired) electrons. The fourth-order valence-corrected chi connectivity index (χ4v) is 2.87. The molecule has 0 aromatic heterocycles. The van der Waals surface area contributed by atoms with Gasteiger partial charge in [-0.1, -0.05) is 66.6 Å². The average Bonchev–Trinajstić information content (AvgIpc) is 2.72. The molecule has 0 aliphatic heterocycles. The smallest absolute Gasteiger partial charge is 0.384 e. The lowest BCUT2D eigenvalue weighted by Gasteiger charge is -2.28. The van der Waals surface area contributed by atoms with Crippen molar-refractivity contribution in [2.45, 2.75) is 39.4 Å². The van der Waals surface area contributed by atoms with Crippen molar-refractivity contribution in [3.63, 3.8) is 0 Å². The zero-order valence-electron chi connectivity index (χ0n) is 17.0. The molecule has 0 heterocycles. The maximum absolute atomic E-state index is 12.2. The van der Waals surface area contributed by atoms with Gasteiger partial charge in [-0.15, -0.1) is 0 Å². The molecular formula is C24H27NO4. The van der Waals surface area contributed by atoms with E-state index in [0.717, 1.165) is 11.1 Å². The second-order valence-electron chi connectivity index (χ2n) is 6.39. The summed E-state index contributed by atoms with van der Waals surface area (Å²) < 4.78 is 10.0. The monoisotopic (exact) mass is 393 g/mol. The van der Waals surface area contributed by atoms with Crippen LogP contribution in [0.2, 0.25) is 0 Å². The Balaban J connectivity index is 2.31. The molecule has 1 atom stereocenters. The van der Waals surface area contributed by atoms with Crippen LogP contribution in [0.1, 0.15) is 31.4 Å². The van der Waals surface area contributed by atoms with Gasteiger partial charge in [-0.05, 0) is 25.0 Å². The zero-order chi connectivity index (χ0) is 20.9. The first-order valence-electron chi connectivity index (χ1n) is 9.78. The van der Waals surface area contributed by atoms with Gasteiger partial charge in [0.2, 0.25) is 0 Å². The maximum atomic E-state index is 12.2. The number of ether oxygens (including phenoxy) is 2. The highest BCUT2D eigenvalue weighted by atomic mass is 16.5. The van der Waals surface area contributed by atoms with Crippen molar-refractivity contribution in [2.75, 3.05) is 13.2 Å². The molecule has 152 valence electrons. The first-order valence-corrected chi connectivity index (χ1v) is 9.78. The molecule has 0 aliphatic carbocycles. The molecule has 2 rings (SSSR count). The van der Waals surface area contributed by atoms with Gasteiger partial charge in [-0.3, -0.25) is 9.69 Å². The first kappa shape index (κ1) is 22.2. The van der Waals surface area contributed by atoms with Crippen LogP contribution in [-0.4, -0.2) is 36.1 Å². The Hall–Kier alpha value is -3.10. The van der Waals surface area contributed by atoms with Crippen molar-refractivity contribution in [1.29, 1.82) is 0 Å². The molecule has 0 bridgehead atoms. The lowest BCUT2D eigenvalue weighted by Crippen LogP contribution is -2.35. The number of rotatable bonds is 9. The van der Waals surface area contributed by atoms with E-state index in [1.54, 1.807) is 13.8 Å². The van der Waals surface area contributed by atoms with Crippen LogP contribution >= 0.6 is 0 Å². The normalized spacial score (nSPS) is 11.3. The second-order valence-corrected chi connectivity index (χ2v) is 6.39. The predicted molar refractivity (Wildman–Crippen MR) is 112 cm³/mol. The lowest BCUT2D eigenvalue weighted by molar-refractivity contribution is -0.144. The number of benzene rings is 2. The third kappa shape index (κ3) is 8.20. The van der Waals surface area contributed by atoms with Crippen molar-refractivity contribution >= 4 is 11.9 Å². The molecule has 1 unspecified atom stereocenters. The first-order chi connectivity index (χ1) is 14.1. The van der Waals surface area contributed by atoms with Gasteiger partial charge in [-0.2, -0.15) is 0 Å². The summed E-state index contributed by atoms with van der Waals surface area (Å²) in [5.41, 5.74) is 2.19. The third-order valence-corrected chi connectivity index (χ3v) is 4.18.